The Morgan fingerprint density at radius 1 is 1.38 bits per heavy atom. The number of benzene rings is 1. The Morgan fingerprint density at radius 2 is 2.06 bits per heavy atom. The van der Waals surface area contributed by atoms with Gasteiger partial charge in [0.25, 0.3) is 5.69 Å². The number of non-ortho nitro benzene ring substituents is 1. The highest BCUT2D eigenvalue weighted by molar-refractivity contribution is 5.57. The minimum atomic E-state index is -0.348. The van der Waals surface area contributed by atoms with Crippen molar-refractivity contribution in [3.8, 4) is 0 Å². The van der Waals surface area contributed by atoms with Crippen LogP contribution in [0.4, 0.5) is 11.4 Å². The van der Waals surface area contributed by atoms with Crippen LogP contribution >= 0.6 is 0 Å². The van der Waals surface area contributed by atoms with E-state index in [9.17, 15) is 10.1 Å². The summed E-state index contributed by atoms with van der Waals surface area (Å²) in [6.45, 7) is 1.97. The van der Waals surface area contributed by atoms with Crippen LogP contribution in [-0.4, -0.2) is 11.0 Å². The van der Waals surface area contributed by atoms with Crippen molar-refractivity contribution in [2.45, 2.75) is 38.6 Å². The molecule has 0 saturated heterocycles. The first-order chi connectivity index (χ1) is 7.66. The molecule has 86 valence electrons. The van der Waals surface area contributed by atoms with Crippen LogP contribution in [0.1, 0.15) is 31.2 Å². The average Bonchev–Trinajstić information content (AvgIpc) is 2.73. The molecule has 2 rings (SSSR count). The van der Waals surface area contributed by atoms with Crippen molar-refractivity contribution in [1.29, 1.82) is 0 Å². The van der Waals surface area contributed by atoms with Gasteiger partial charge in [-0.2, -0.15) is 0 Å². The van der Waals surface area contributed by atoms with Gasteiger partial charge in [0.2, 0.25) is 0 Å². The Bertz CT molecular complexity index is 398. The molecule has 0 amide bonds. The zero-order valence-corrected chi connectivity index (χ0v) is 9.40. The quantitative estimate of drug-likeness (QED) is 0.628. The number of nitrogens with zero attached hydrogens (tertiary/aromatic N) is 1. The molecule has 0 atom stereocenters. The number of nitrogens with one attached hydrogen (secondary N) is 1. The Hall–Kier alpha value is -1.58. The second-order valence-corrected chi connectivity index (χ2v) is 4.38. The molecule has 1 N–H and O–H groups in total. The summed E-state index contributed by atoms with van der Waals surface area (Å²) < 4.78 is 0. The highest BCUT2D eigenvalue weighted by Gasteiger charge is 2.16. The molecule has 0 bridgehead atoms. The van der Waals surface area contributed by atoms with E-state index < -0.39 is 0 Å². The standard InChI is InChI=1S/C12H16N2O2/c1-9-6-7-11(14(15)16)8-12(9)13-10-4-2-3-5-10/h6-8,10,13H,2-5H2,1H3. The smallest absolute Gasteiger partial charge is 0.271 e. The summed E-state index contributed by atoms with van der Waals surface area (Å²) in [7, 11) is 0. The molecule has 0 unspecified atom stereocenters. The third kappa shape index (κ3) is 2.32. The lowest BCUT2D eigenvalue weighted by molar-refractivity contribution is -0.384. The number of anilines is 1. The first-order valence-electron chi connectivity index (χ1n) is 5.68. The summed E-state index contributed by atoms with van der Waals surface area (Å²) >= 11 is 0. The van der Waals surface area contributed by atoms with Gasteiger partial charge in [0.1, 0.15) is 0 Å². The van der Waals surface area contributed by atoms with Gasteiger partial charge in [0.15, 0.2) is 0 Å². The number of rotatable bonds is 3. The van der Waals surface area contributed by atoms with Crippen LogP contribution in [-0.2, 0) is 0 Å². The summed E-state index contributed by atoms with van der Waals surface area (Å²) in [4.78, 5) is 10.3. The number of nitro groups is 1. The SMILES string of the molecule is Cc1ccc([N+](=O)[O-])cc1NC1CCCC1. The number of hydrogen-bond acceptors (Lipinski definition) is 3. The van der Waals surface area contributed by atoms with Gasteiger partial charge >= 0.3 is 0 Å². The van der Waals surface area contributed by atoms with Crippen LogP contribution in [0.15, 0.2) is 18.2 Å². The molecule has 4 heteroatoms. The lowest BCUT2D eigenvalue weighted by Gasteiger charge is -2.15. The predicted octanol–water partition coefficient (Wildman–Crippen LogP) is 3.26. The summed E-state index contributed by atoms with van der Waals surface area (Å²) in [6.07, 6.45) is 4.85. The summed E-state index contributed by atoms with van der Waals surface area (Å²) in [6, 6.07) is 5.47. The third-order valence-electron chi connectivity index (χ3n) is 3.15. The van der Waals surface area contributed by atoms with Gasteiger partial charge in [-0.25, -0.2) is 0 Å². The molecule has 4 nitrogen and oxygen atoms in total. The maximum Gasteiger partial charge on any atom is 0.271 e. The Labute approximate surface area is 94.8 Å². The van der Waals surface area contributed by atoms with Crippen molar-refractivity contribution in [2.24, 2.45) is 0 Å². The van der Waals surface area contributed by atoms with Crippen LogP contribution < -0.4 is 5.32 Å². The molecule has 1 fully saturated rings. The largest absolute Gasteiger partial charge is 0.382 e. The molecular weight excluding hydrogens is 204 g/mol. The van der Waals surface area contributed by atoms with Gasteiger partial charge in [-0.3, -0.25) is 10.1 Å². The highest BCUT2D eigenvalue weighted by atomic mass is 16.6. The Kier molecular flexibility index (Phi) is 3.08. The molecule has 1 aromatic carbocycles. The average molecular weight is 220 g/mol. The molecule has 1 aliphatic carbocycles. The topological polar surface area (TPSA) is 55.2 Å². The van der Waals surface area contributed by atoms with Crippen LogP contribution in [0.5, 0.6) is 0 Å². The van der Waals surface area contributed by atoms with E-state index in [1.807, 2.05) is 6.92 Å². The molecule has 0 aliphatic heterocycles. The second-order valence-electron chi connectivity index (χ2n) is 4.38. The summed E-state index contributed by atoms with van der Waals surface area (Å²) in [5, 5.41) is 14.1. The first-order valence-corrected chi connectivity index (χ1v) is 5.68. The fraction of sp³-hybridized carbons (Fsp3) is 0.500. The molecule has 0 aromatic heterocycles. The van der Waals surface area contributed by atoms with E-state index in [1.165, 1.54) is 25.7 Å². The van der Waals surface area contributed by atoms with E-state index in [4.69, 9.17) is 0 Å². The van der Waals surface area contributed by atoms with Gasteiger partial charge in [0, 0.05) is 23.9 Å². The first kappa shape index (κ1) is 10.9. The number of aryl methyl sites for hydroxylation is 1. The van der Waals surface area contributed by atoms with E-state index in [-0.39, 0.29) is 10.6 Å². The van der Waals surface area contributed by atoms with Crippen LogP contribution in [0.2, 0.25) is 0 Å². The highest BCUT2D eigenvalue weighted by Crippen LogP contribution is 2.26. The summed E-state index contributed by atoms with van der Waals surface area (Å²) in [5.74, 6) is 0. The number of nitro benzene ring substituents is 1. The van der Waals surface area contributed by atoms with Crippen LogP contribution in [0, 0.1) is 17.0 Å². The zero-order chi connectivity index (χ0) is 11.5. The minimum absolute atomic E-state index is 0.158. The van der Waals surface area contributed by atoms with Crippen LogP contribution in [0.3, 0.4) is 0 Å². The van der Waals surface area contributed by atoms with Gasteiger partial charge in [0.05, 0.1) is 4.92 Å². The molecule has 16 heavy (non-hydrogen) atoms. The van der Waals surface area contributed by atoms with Gasteiger partial charge < -0.3 is 5.32 Å². The van der Waals surface area contributed by atoms with E-state index >= 15 is 0 Å². The van der Waals surface area contributed by atoms with E-state index in [0.717, 1.165) is 11.3 Å². The van der Waals surface area contributed by atoms with Gasteiger partial charge in [-0.1, -0.05) is 18.9 Å². The van der Waals surface area contributed by atoms with Crippen molar-refractivity contribution in [1.82, 2.24) is 0 Å². The molecule has 0 spiro atoms. The Morgan fingerprint density at radius 3 is 2.69 bits per heavy atom. The van der Waals surface area contributed by atoms with Crippen molar-refractivity contribution in [3.05, 3.63) is 33.9 Å². The van der Waals surface area contributed by atoms with E-state index in [2.05, 4.69) is 5.32 Å². The van der Waals surface area contributed by atoms with Gasteiger partial charge in [-0.05, 0) is 25.3 Å². The summed E-state index contributed by atoms with van der Waals surface area (Å²) in [5.41, 5.74) is 2.13. The second kappa shape index (κ2) is 4.51. The normalized spacial score (nSPS) is 16.3. The monoisotopic (exact) mass is 220 g/mol. The predicted molar refractivity (Wildman–Crippen MR) is 63.7 cm³/mol. The van der Waals surface area contributed by atoms with E-state index in [0.29, 0.717) is 6.04 Å². The zero-order valence-electron chi connectivity index (χ0n) is 9.40. The lowest BCUT2D eigenvalue weighted by Crippen LogP contribution is -2.15. The lowest BCUT2D eigenvalue weighted by atomic mass is 10.1. The molecule has 1 saturated carbocycles. The third-order valence-corrected chi connectivity index (χ3v) is 3.15. The van der Waals surface area contributed by atoms with Crippen molar-refractivity contribution < 1.29 is 4.92 Å². The van der Waals surface area contributed by atoms with Gasteiger partial charge in [-0.15, -0.1) is 0 Å². The molecule has 1 aliphatic rings. The van der Waals surface area contributed by atoms with Crippen molar-refractivity contribution >= 4 is 11.4 Å². The van der Waals surface area contributed by atoms with E-state index in [1.54, 1.807) is 18.2 Å². The maximum absolute atomic E-state index is 10.7. The molecule has 0 heterocycles. The molecule has 1 aromatic rings. The Balaban J connectivity index is 2.17. The van der Waals surface area contributed by atoms with Crippen molar-refractivity contribution in [2.75, 3.05) is 5.32 Å². The van der Waals surface area contributed by atoms with Crippen molar-refractivity contribution in [3.63, 3.8) is 0 Å². The minimum Gasteiger partial charge on any atom is -0.382 e. The van der Waals surface area contributed by atoms with Crippen LogP contribution in [0.25, 0.3) is 0 Å². The fourth-order valence-corrected chi connectivity index (χ4v) is 2.17. The fourth-order valence-electron chi connectivity index (χ4n) is 2.17. The molecular formula is C12H16N2O2. The number of hydrogen-bond donors (Lipinski definition) is 1. The molecule has 0 radical (unpaired) electrons. The maximum atomic E-state index is 10.7.